The van der Waals surface area contributed by atoms with E-state index < -0.39 is 10.1 Å². The molecule has 0 aromatic rings. The normalized spacial score (nSPS) is 12.9. The molecule has 0 aromatic heterocycles. The summed E-state index contributed by atoms with van der Waals surface area (Å²) in [5, 5.41) is 0.688. The molecule has 4 heteroatoms. The second-order valence-electron chi connectivity index (χ2n) is 1.46. The van der Waals surface area contributed by atoms with Gasteiger partial charge in [0.25, 0.3) is 10.1 Å². The molecule has 56 valence electrons. The third-order valence-electron chi connectivity index (χ3n) is 0.609. The lowest BCUT2D eigenvalue weighted by atomic mass is 10.5. The van der Waals surface area contributed by atoms with Gasteiger partial charge < -0.3 is 0 Å². The smallest absolute Gasteiger partial charge is 0.282 e. The van der Waals surface area contributed by atoms with Crippen LogP contribution in [-0.2, 0) is 10.1 Å². The Balaban J connectivity index is 4.03. The van der Waals surface area contributed by atoms with Crippen LogP contribution in [0.15, 0.2) is 36.3 Å². The Labute approximate surface area is 60.1 Å². The molecule has 0 saturated heterocycles. The van der Waals surface area contributed by atoms with E-state index in [9.17, 15) is 8.42 Å². The fourth-order valence-corrected chi connectivity index (χ4v) is 0.577. The summed E-state index contributed by atoms with van der Waals surface area (Å²) in [6.07, 6.45) is 5.69. The molecule has 0 atom stereocenters. The van der Waals surface area contributed by atoms with Crippen molar-refractivity contribution in [3.8, 4) is 0 Å². The van der Waals surface area contributed by atoms with Gasteiger partial charge >= 0.3 is 0 Å². The lowest BCUT2D eigenvalue weighted by molar-refractivity contribution is 0.494. The van der Waals surface area contributed by atoms with Crippen LogP contribution in [0.2, 0.25) is 0 Å². The fourth-order valence-electron chi connectivity index (χ4n) is 0.287. The highest BCUT2D eigenvalue weighted by Crippen LogP contribution is 1.85. The molecular formula is C6H8O3S. The van der Waals surface area contributed by atoms with Crippen molar-refractivity contribution >= 4 is 10.1 Å². The van der Waals surface area contributed by atoms with E-state index >= 15 is 0 Å². The van der Waals surface area contributed by atoms with Crippen LogP contribution in [0.4, 0.5) is 0 Å². The minimum absolute atomic E-state index is 0.688. The summed E-state index contributed by atoms with van der Waals surface area (Å²) < 4.78 is 28.1. The average Bonchev–Trinajstić information content (AvgIpc) is 1.78. The van der Waals surface area contributed by atoms with Crippen molar-refractivity contribution < 1.29 is 13.0 Å². The third-order valence-corrected chi connectivity index (χ3v) is 1.11. The molecule has 0 fully saturated rings. The topological polar surface area (TPSA) is 54.4 Å². The van der Waals surface area contributed by atoms with E-state index in [1.54, 1.807) is 6.08 Å². The molecule has 0 heterocycles. The first-order valence-electron chi connectivity index (χ1n) is 2.49. The molecular weight excluding hydrogens is 152 g/mol. The van der Waals surface area contributed by atoms with E-state index in [1.807, 2.05) is 0 Å². The predicted octanol–water partition coefficient (Wildman–Crippen LogP) is 1.13. The third kappa shape index (κ3) is 7.13. The first-order chi connectivity index (χ1) is 4.56. The van der Waals surface area contributed by atoms with Crippen LogP contribution in [0.3, 0.4) is 0 Å². The molecule has 0 aliphatic heterocycles. The predicted molar refractivity (Wildman–Crippen MR) is 40.0 cm³/mol. The van der Waals surface area contributed by atoms with Crippen molar-refractivity contribution in [1.82, 2.24) is 0 Å². The summed E-state index contributed by atoms with van der Waals surface area (Å²) in [6.45, 7) is 3.36. The van der Waals surface area contributed by atoms with E-state index in [0.717, 1.165) is 0 Å². The maximum absolute atomic E-state index is 10.0. The summed E-state index contributed by atoms with van der Waals surface area (Å²) in [4.78, 5) is 0. The van der Waals surface area contributed by atoms with Crippen LogP contribution in [0.1, 0.15) is 0 Å². The van der Waals surface area contributed by atoms with Crippen molar-refractivity contribution in [2.75, 3.05) is 0 Å². The SMILES string of the molecule is C=C/C=C/C=C/S(=O)(=O)O. The Morgan fingerprint density at radius 3 is 2.20 bits per heavy atom. The van der Waals surface area contributed by atoms with Gasteiger partial charge in [-0.3, -0.25) is 4.55 Å². The maximum atomic E-state index is 10.0. The lowest BCUT2D eigenvalue weighted by Crippen LogP contribution is -1.87. The van der Waals surface area contributed by atoms with Crippen molar-refractivity contribution in [3.63, 3.8) is 0 Å². The molecule has 0 amide bonds. The molecule has 0 saturated carbocycles. The number of rotatable bonds is 3. The molecule has 10 heavy (non-hydrogen) atoms. The Kier molecular flexibility index (Phi) is 3.68. The summed E-state index contributed by atoms with van der Waals surface area (Å²) in [5.41, 5.74) is 0. The zero-order chi connectivity index (χ0) is 8.04. The van der Waals surface area contributed by atoms with E-state index in [4.69, 9.17) is 4.55 Å². The van der Waals surface area contributed by atoms with Crippen LogP contribution in [0, 0.1) is 0 Å². The van der Waals surface area contributed by atoms with Crippen LogP contribution < -0.4 is 0 Å². The van der Waals surface area contributed by atoms with Gasteiger partial charge in [-0.1, -0.05) is 24.8 Å². The molecule has 0 bridgehead atoms. The van der Waals surface area contributed by atoms with E-state index in [0.29, 0.717) is 5.41 Å². The highest BCUT2D eigenvalue weighted by atomic mass is 32.2. The standard InChI is InChI=1S/C6H8O3S/c1-2-3-4-5-6-10(7,8)9/h2-6H,1H2,(H,7,8,9)/b4-3+,6-5+. The van der Waals surface area contributed by atoms with Gasteiger partial charge in [-0.15, -0.1) is 0 Å². The summed E-state index contributed by atoms with van der Waals surface area (Å²) in [5.74, 6) is 0. The largest absolute Gasteiger partial charge is 0.287 e. The van der Waals surface area contributed by atoms with Crippen molar-refractivity contribution in [2.45, 2.75) is 0 Å². The van der Waals surface area contributed by atoms with Gasteiger partial charge in [0, 0.05) is 0 Å². The summed E-state index contributed by atoms with van der Waals surface area (Å²) >= 11 is 0. The lowest BCUT2D eigenvalue weighted by Gasteiger charge is -1.78. The van der Waals surface area contributed by atoms with Gasteiger partial charge in [0.05, 0.1) is 5.41 Å². The van der Waals surface area contributed by atoms with Gasteiger partial charge in [0.1, 0.15) is 0 Å². The summed E-state index contributed by atoms with van der Waals surface area (Å²) in [6, 6.07) is 0. The Bertz CT molecular complexity index is 246. The van der Waals surface area contributed by atoms with E-state index in [-0.39, 0.29) is 0 Å². The number of hydrogen-bond acceptors (Lipinski definition) is 2. The molecule has 0 radical (unpaired) electrons. The Morgan fingerprint density at radius 2 is 1.80 bits per heavy atom. The minimum Gasteiger partial charge on any atom is -0.282 e. The van der Waals surface area contributed by atoms with E-state index in [1.165, 1.54) is 18.2 Å². The van der Waals surface area contributed by atoms with Gasteiger partial charge in [-0.25, -0.2) is 0 Å². The fraction of sp³-hybridized carbons (Fsp3) is 0. The molecule has 0 spiro atoms. The van der Waals surface area contributed by atoms with Crippen molar-refractivity contribution in [2.24, 2.45) is 0 Å². The number of hydrogen-bond donors (Lipinski definition) is 1. The highest BCUT2D eigenvalue weighted by Gasteiger charge is 1.91. The molecule has 0 aromatic carbocycles. The van der Waals surface area contributed by atoms with Crippen LogP contribution >= 0.6 is 0 Å². The monoisotopic (exact) mass is 160 g/mol. The average molecular weight is 160 g/mol. The van der Waals surface area contributed by atoms with Crippen LogP contribution in [0.25, 0.3) is 0 Å². The minimum atomic E-state index is -3.97. The van der Waals surface area contributed by atoms with Gasteiger partial charge in [-0.05, 0) is 6.08 Å². The zero-order valence-corrected chi connectivity index (χ0v) is 6.08. The van der Waals surface area contributed by atoms with Crippen LogP contribution in [-0.4, -0.2) is 13.0 Å². The molecule has 0 unspecified atom stereocenters. The Hall–Kier alpha value is -0.870. The quantitative estimate of drug-likeness (QED) is 0.497. The van der Waals surface area contributed by atoms with Gasteiger partial charge in [0.2, 0.25) is 0 Å². The molecule has 0 aliphatic rings. The second kappa shape index (κ2) is 4.03. The molecule has 1 N–H and O–H groups in total. The Morgan fingerprint density at radius 1 is 1.20 bits per heavy atom. The molecule has 0 rings (SSSR count). The molecule has 0 aliphatic carbocycles. The van der Waals surface area contributed by atoms with Crippen LogP contribution in [0.5, 0.6) is 0 Å². The molecule has 3 nitrogen and oxygen atoms in total. The zero-order valence-electron chi connectivity index (χ0n) is 5.27. The van der Waals surface area contributed by atoms with Gasteiger partial charge in [0.15, 0.2) is 0 Å². The first-order valence-corrected chi connectivity index (χ1v) is 4.00. The van der Waals surface area contributed by atoms with Gasteiger partial charge in [-0.2, -0.15) is 8.42 Å². The van der Waals surface area contributed by atoms with Crippen molar-refractivity contribution in [3.05, 3.63) is 36.3 Å². The maximum Gasteiger partial charge on any atom is 0.287 e. The van der Waals surface area contributed by atoms with Crippen molar-refractivity contribution in [1.29, 1.82) is 0 Å². The number of allylic oxidation sites excluding steroid dienone is 4. The van der Waals surface area contributed by atoms with E-state index in [2.05, 4.69) is 6.58 Å². The second-order valence-corrected chi connectivity index (χ2v) is 2.77. The first kappa shape index (κ1) is 9.13. The summed E-state index contributed by atoms with van der Waals surface area (Å²) in [7, 11) is -3.97. The highest BCUT2D eigenvalue weighted by molar-refractivity contribution is 7.88.